The first-order valence-corrected chi connectivity index (χ1v) is 8.76. The number of nitrogens with one attached hydrogen (secondary N) is 1. The molecule has 0 saturated carbocycles. The van der Waals surface area contributed by atoms with Crippen LogP contribution in [0.25, 0.3) is 11.2 Å². The van der Waals surface area contributed by atoms with E-state index < -0.39 is 11.2 Å². The maximum absolute atomic E-state index is 12.4. The zero-order valence-corrected chi connectivity index (χ0v) is 15.8. The zero-order valence-electron chi connectivity index (χ0n) is 15.0. The molecule has 1 atom stereocenters. The fraction of sp³-hybridized carbons (Fsp3) is 0.625. The number of unbranched alkanes of at least 4 members (excludes halogenated alkanes) is 2. The molecular weight excluding hydrogens is 346 g/mol. The number of aromatic nitrogens is 4. The van der Waals surface area contributed by atoms with Crippen LogP contribution in [0.3, 0.4) is 0 Å². The van der Waals surface area contributed by atoms with Crippen LogP contribution >= 0.6 is 11.6 Å². The standard InChI is InChI=1S/C16H24ClN5O3/c1-5-6-7-8-10(2)18-11(23)9-22-12-13(19-15(22)17)20(3)16(25)21(4)14(12)24/h10H,5-9H2,1-4H3,(H,18,23)/t10-/m0/s1. The minimum absolute atomic E-state index is 0.00193. The van der Waals surface area contributed by atoms with Crippen LogP contribution in [0.1, 0.15) is 39.5 Å². The Kier molecular flexibility index (Phi) is 6.05. The lowest BCUT2D eigenvalue weighted by Gasteiger charge is -2.14. The summed E-state index contributed by atoms with van der Waals surface area (Å²) >= 11 is 6.11. The van der Waals surface area contributed by atoms with Gasteiger partial charge in [-0.3, -0.25) is 23.3 Å². The number of rotatable bonds is 7. The van der Waals surface area contributed by atoms with Crippen molar-refractivity contribution in [3.05, 3.63) is 26.1 Å². The van der Waals surface area contributed by atoms with Crippen LogP contribution < -0.4 is 16.6 Å². The molecule has 1 N–H and O–H groups in total. The van der Waals surface area contributed by atoms with E-state index in [0.717, 1.165) is 30.3 Å². The molecule has 25 heavy (non-hydrogen) atoms. The molecule has 0 bridgehead atoms. The van der Waals surface area contributed by atoms with Gasteiger partial charge in [0.2, 0.25) is 11.2 Å². The van der Waals surface area contributed by atoms with Gasteiger partial charge in [-0.1, -0.05) is 26.2 Å². The van der Waals surface area contributed by atoms with Gasteiger partial charge in [0, 0.05) is 20.1 Å². The first-order chi connectivity index (χ1) is 11.8. The van der Waals surface area contributed by atoms with Gasteiger partial charge in [-0.25, -0.2) is 4.79 Å². The molecule has 2 rings (SSSR count). The van der Waals surface area contributed by atoms with E-state index in [9.17, 15) is 14.4 Å². The summed E-state index contributed by atoms with van der Waals surface area (Å²) in [5.74, 6) is -0.249. The molecule has 0 unspecified atom stereocenters. The van der Waals surface area contributed by atoms with Gasteiger partial charge in [0.15, 0.2) is 11.2 Å². The van der Waals surface area contributed by atoms with Crippen molar-refractivity contribution in [2.45, 2.75) is 52.1 Å². The van der Waals surface area contributed by atoms with Crippen LogP contribution in [0.5, 0.6) is 0 Å². The van der Waals surface area contributed by atoms with Gasteiger partial charge in [0.25, 0.3) is 5.56 Å². The Bertz CT molecular complexity index is 896. The number of imidazole rings is 1. The molecular formula is C16H24ClN5O3. The van der Waals surface area contributed by atoms with Crippen molar-refractivity contribution in [2.75, 3.05) is 0 Å². The minimum atomic E-state index is -0.527. The molecule has 2 heterocycles. The van der Waals surface area contributed by atoms with Crippen molar-refractivity contribution < 1.29 is 4.79 Å². The van der Waals surface area contributed by atoms with Crippen molar-refractivity contribution in [3.63, 3.8) is 0 Å². The molecule has 1 amide bonds. The van der Waals surface area contributed by atoms with Crippen molar-refractivity contribution in [1.29, 1.82) is 0 Å². The van der Waals surface area contributed by atoms with Gasteiger partial charge < -0.3 is 5.32 Å². The summed E-state index contributed by atoms with van der Waals surface area (Å²) in [6.07, 6.45) is 4.20. The van der Waals surface area contributed by atoms with Gasteiger partial charge >= 0.3 is 5.69 Å². The predicted octanol–water partition coefficient (Wildman–Crippen LogP) is 1.17. The highest BCUT2D eigenvalue weighted by molar-refractivity contribution is 6.29. The summed E-state index contributed by atoms with van der Waals surface area (Å²) in [6, 6.07) is 0.0415. The lowest BCUT2D eigenvalue weighted by atomic mass is 10.1. The van der Waals surface area contributed by atoms with E-state index in [-0.39, 0.29) is 34.9 Å². The highest BCUT2D eigenvalue weighted by Crippen LogP contribution is 2.15. The number of aryl methyl sites for hydroxylation is 1. The van der Waals surface area contributed by atoms with Crippen molar-refractivity contribution in [3.8, 4) is 0 Å². The third kappa shape index (κ3) is 3.95. The van der Waals surface area contributed by atoms with E-state index in [1.165, 1.54) is 23.2 Å². The zero-order chi connectivity index (χ0) is 18.7. The molecule has 0 spiro atoms. The maximum atomic E-state index is 12.4. The van der Waals surface area contributed by atoms with E-state index in [1.54, 1.807) is 0 Å². The van der Waals surface area contributed by atoms with Crippen LogP contribution in [-0.2, 0) is 25.4 Å². The van der Waals surface area contributed by atoms with E-state index in [2.05, 4.69) is 17.2 Å². The summed E-state index contributed by atoms with van der Waals surface area (Å²) in [5, 5.41) is 2.91. The lowest BCUT2D eigenvalue weighted by molar-refractivity contribution is -0.122. The van der Waals surface area contributed by atoms with E-state index in [0.29, 0.717) is 0 Å². The Balaban J connectivity index is 2.27. The Labute approximate surface area is 150 Å². The normalized spacial score (nSPS) is 12.5. The average molecular weight is 370 g/mol. The molecule has 138 valence electrons. The van der Waals surface area contributed by atoms with Crippen LogP contribution in [0, 0.1) is 0 Å². The second-order valence-electron chi connectivity index (χ2n) is 6.31. The first-order valence-electron chi connectivity index (χ1n) is 8.39. The van der Waals surface area contributed by atoms with Gasteiger partial charge in [0.1, 0.15) is 6.54 Å². The molecule has 0 aromatic carbocycles. The third-order valence-corrected chi connectivity index (χ3v) is 4.54. The second-order valence-corrected chi connectivity index (χ2v) is 6.65. The predicted molar refractivity (Wildman–Crippen MR) is 97.0 cm³/mol. The molecule has 0 aliphatic heterocycles. The van der Waals surface area contributed by atoms with E-state index in [1.807, 2.05) is 6.92 Å². The number of nitrogens with zero attached hydrogens (tertiary/aromatic N) is 4. The number of carbonyl (C=O) groups excluding carboxylic acids is 1. The molecule has 0 saturated heterocycles. The summed E-state index contributed by atoms with van der Waals surface area (Å²) in [7, 11) is 2.89. The van der Waals surface area contributed by atoms with Crippen molar-refractivity contribution in [1.82, 2.24) is 24.0 Å². The largest absolute Gasteiger partial charge is 0.352 e. The van der Waals surface area contributed by atoms with Crippen LogP contribution in [0.15, 0.2) is 9.59 Å². The molecule has 0 aliphatic carbocycles. The quantitative estimate of drug-likeness (QED) is 0.586. The summed E-state index contributed by atoms with van der Waals surface area (Å²) in [5.41, 5.74) is -0.709. The number of carbonyl (C=O) groups is 1. The molecule has 2 aromatic rings. The molecule has 0 fully saturated rings. The highest BCUT2D eigenvalue weighted by atomic mass is 35.5. The third-order valence-electron chi connectivity index (χ3n) is 4.25. The second kappa shape index (κ2) is 7.86. The Morgan fingerprint density at radius 3 is 2.56 bits per heavy atom. The Morgan fingerprint density at radius 1 is 1.24 bits per heavy atom. The molecule has 0 radical (unpaired) electrons. The molecule has 0 aliphatic rings. The number of hydrogen-bond donors (Lipinski definition) is 1. The SMILES string of the molecule is CCCCC[C@H](C)NC(=O)Cn1c(Cl)nc2c1c(=O)n(C)c(=O)n2C. The summed E-state index contributed by atoms with van der Waals surface area (Å²) in [4.78, 5) is 40.8. The minimum Gasteiger partial charge on any atom is -0.352 e. The monoisotopic (exact) mass is 369 g/mol. The number of amides is 1. The molecule has 9 heteroatoms. The fourth-order valence-corrected chi connectivity index (χ4v) is 3.03. The topological polar surface area (TPSA) is 90.9 Å². The van der Waals surface area contributed by atoms with Crippen LogP contribution in [0.2, 0.25) is 5.28 Å². The van der Waals surface area contributed by atoms with E-state index >= 15 is 0 Å². The van der Waals surface area contributed by atoms with Gasteiger partial charge in [-0.05, 0) is 24.9 Å². The fourth-order valence-electron chi connectivity index (χ4n) is 2.80. The van der Waals surface area contributed by atoms with Crippen molar-refractivity contribution in [2.24, 2.45) is 14.1 Å². The van der Waals surface area contributed by atoms with Crippen LogP contribution in [-0.4, -0.2) is 30.6 Å². The van der Waals surface area contributed by atoms with Crippen LogP contribution in [0.4, 0.5) is 0 Å². The van der Waals surface area contributed by atoms with Gasteiger partial charge in [0.05, 0.1) is 0 Å². The van der Waals surface area contributed by atoms with Crippen molar-refractivity contribution >= 4 is 28.7 Å². The Morgan fingerprint density at radius 2 is 1.92 bits per heavy atom. The Hall–Kier alpha value is -2.09. The average Bonchev–Trinajstić information content (AvgIpc) is 2.88. The summed E-state index contributed by atoms with van der Waals surface area (Å²) in [6.45, 7) is 3.95. The smallest absolute Gasteiger partial charge is 0.332 e. The number of halogens is 1. The molecule has 8 nitrogen and oxygen atoms in total. The van der Waals surface area contributed by atoms with E-state index in [4.69, 9.17) is 11.6 Å². The number of fused-ring (bicyclic) bond motifs is 1. The van der Waals surface area contributed by atoms with Gasteiger partial charge in [-0.2, -0.15) is 4.98 Å². The first kappa shape index (κ1) is 19.2. The molecule has 2 aromatic heterocycles. The van der Waals surface area contributed by atoms with Gasteiger partial charge in [-0.15, -0.1) is 0 Å². The number of hydrogen-bond acceptors (Lipinski definition) is 4. The maximum Gasteiger partial charge on any atom is 0.332 e. The highest BCUT2D eigenvalue weighted by Gasteiger charge is 2.20. The summed E-state index contributed by atoms with van der Waals surface area (Å²) < 4.78 is 3.55. The lowest BCUT2D eigenvalue weighted by Crippen LogP contribution is -2.39.